The van der Waals surface area contributed by atoms with Crippen LogP contribution >= 0.6 is 0 Å². The topological polar surface area (TPSA) is 67.2 Å². The number of hydrogen-bond acceptors (Lipinski definition) is 4. The van der Waals surface area contributed by atoms with Crippen molar-refractivity contribution in [3.63, 3.8) is 0 Å². The molecule has 0 atom stereocenters. The molecule has 2 N–H and O–H groups in total. The molecule has 1 aromatic carbocycles. The van der Waals surface area contributed by atoms with Crippen LogP contribution < -0.4 is 10.9 Å². The highest BCUT2D eigenvalue weighted by Gasteiger charge is 1.86. The highest BCUT2D eigenvalue weighted by Crippen LogP contribution is 1.95. The molecule has 0 heterocycles. The highest BCUT2D eigenvalue weighted by molar-refractivity contribution is 5.13. The number of hydrogen-bond donors (Lipinski definition) is 2. The lowest BCUT2D eigenvalue weighted by molar-refractivity contribution is -0.479. The Balaban J connectivity index is -0.000000253. The maximum atomic E-state index is 9.40. The van der Waals surface area contributed by atoms with Crippen LogP contribution in [-0.4, -0.2) is 18.5 Å². The van der Waals surface area contributed by atoms with Gasteiger partial charge in [-0.15, -0.1) is 6.58 Å². The summed E-state index contributed by atoms with van der Waals surface area (Å²) in [5.74, 6) is 0. The summed E-state index contributed by atoms with van der Waals surface area (Å²) in [7, 11) is 1.86. The molecule has 5 nitrogen and oxygen atoms in total. The molecule has 0 radical (unpaired) electrons. The standard InChI is InChI=1S/C8H12N2.C3H7NO2.C3H6.C2H6/c1-9-10-7-8-5-3-2-4-6-8;1-2-3-4(5)6;1-3-2;1-2/h2-6,9-10H,7H2,1H3;2-3H2,1H3;3H,1H2,2H3;1-2H3. The SMILES string of the molecule is C=CC.CC.CCC[N+](=O)[O-].CNNCc1ccccc1. The Bertz CT molecular complexity index is 317. The fourth-order valence-electron chi connectivity index (χ4n) is 0.969. The zero-order valence-corrected chi connectivity index (χ0v) is 14.1. The van der Waals surface area contributed by atoms with Crippen LogP contribution in [0.3, 0.4) is 0 Å². The van der Waals surface area contributed by atoms with E-state index in [2.05, 4.69) is 29.6 Å². The normalized spacial score (nSPS) is 7.86. The summed E-state index contributed by atoms with van der Waals surface area (Å²) in [5.41, 5.74) is 7.17. The molecule has 0 unspecified atom stereocenters. The lowest BCUT2D eigenvalue weighted by Crippen LogP contribution is -2.26. The molecule has 0 fully saturated rings. The van der Waals surface area contributed by atoms with Gasteiger partial charge in [-0.2, -0.15) is 0 Å². The first kappa shape index (κ1) is 24.3. The smallest absolute Gasteiger partial charge is 0.203 e. The molecule has 0 saturated carbocycles. The van der Waals surface area contributed by atoms with Gasteiger partial charge in [0.1, 0.15) is 0 Å². The van der Waals surface area contributed by atoms with Gasteiger partial charge in [0.05, 0.1) is 0 Å². The zero-order valence-electron chi connectivity index (χ0n) is 14.1. The summed E-state index contributed by atoms with van der Waals surface area (Å²) in [6, 6.07) is 10.3. The van der Waals surface area contributed by atoms with Crippen LogP contribution in [0.5, 0.6) is 0 Å². The maximum Gasteiger partial charge on any atom is 0.203 e. The second kappa shape index (κ2) is 23.4. The van der Waals surface area contributed by atoms with Gasteiger partial charge in [-0.1, -0.05) is 57.2 Å². The molecule has 5 heteroatoms. The summed E-state index contributed by atoms with van der Waals surface area (Å²) in [6.45, 7) is 12.0. The summed E-state index contributed by atoms with van der Waals surface area (Å²) in [6.07, 6.45) is 2.38. The number of nitrogens with one attached hydrogen (secondary N) is 2. The van der Waals surface area contributed by atoms with Crippen molar-refractivity contribution in [3.05, 3.63) is 58.7 Å². The summed E-state index contributed by atoms with van der Waals surface area (Å²) in [4.78, 5) is 9.09. The number of hydrazine groups is 1. The Morgan fingerprint density at radius 1 is 1.29 bits per heavy atom. The Hall–Kier alpha value is -1.72. The number of rotatable bonds is 5. The number of allylic oxidation sites excluding steroid dienone is 1. The molecule has 0 aromatic heterocycles. The van der Waals surface area contributed by atoms with E-state index in [9.17, 15) is 10.1 Å². The predicted octanol–water partition coefficient (Wildman–Crippen LogP) is 3.80. The molecule has 0 saturated heterocycles. The van der Waals surface area contributed by atoms with Crippen LogP contribution in [0.4, 0.5) is 0 Å². The monoisotopic (exact) mass is 297 g/mol. The van der Waals surface area contributed by atoms with E-state index in [-0.39, 0.29) is 11.5 Å². The Morgan fingerprint density at radius 2 is 1.76 bits per heavy atom. The van der Waals surface area contributed by atoms with Crippen LogP contribution in [0.15, 0.2) is 43.0 Å². The van der Waals surface area contributed by atoms with E-state index in [4.69, 9.17) is 0 Å². The van der Waals surface area contributed by atoms with E-state index in [1.165, 1.54) is 5.56 Å². The van der Waals surface area contributed by atoms with Crippen LogP contribution in [0.1, 0.15) is 39.7 Å². The van der Waals surface area contributed by atoms with Gasteiger partial charge < -0.3 is 0 Å². The van der Waals surface area contributed by atoms with Crippen LogP contribution in [0.2, 0.25) is 0 Å². The molecule has 0 aliphatic heterocycles. The van der Waals surface area contributed by atoms with Crippen LogP contribution in [0, 0.1) is 10.1 Å². The molecular formula is C16H31N3O2. The van der Waals surface area contributed by atoms with E-state index in [0.717, 1.165) is 6.54 Å². The van der Waals surface area contributed by atoms with Gasteiger partial charge in [0.15, 0.2) is 0 Å². The van der Waals surface area contributed by atoms with Crippen molar-refractivity contribution in [3.8, 4) is 0 Å². The Morgan fingerprint density at radius 3 is 2.05 bits per heavy atom. The van der Waals surface area contributed by atoms with Crippen molar-refractivity contribution < 1.29 is 4.92 Å². The minimum atomic E-state index is -0.319. The van der Waals surface area contributed by atoms with E-state index in [1.807, 2.05) is 46.0 Å². The first-order chi connectivity index (χ1) is 10.1. The largest absolute Gasteiger partial charge is 0.265 e. The van der Waals surface area contributed by atoms with Crippen LogP contribution in [-0.2, 0) is 6.54 Å². The fraction of sp³-hybridized carbons (Fsp3) is 0.500. The molecule has 0 aliphatic rings. The third kappa shape index (κ3) is 27.5. The Kier molecular flexibility index (Phi) is 27.1. The lowest BCUT2D eigenvalue weighted by atomic mass is 10.2. The molecule has 122 valence electrons. The van der Waals surface area contributed by atoms with Crippen molar-refractivity contribution in [2.45, 2.75) is 40.7 Å². The predicted molar refractivity (Wildman–Crippen MR) is 91.7 cm³/mol. The van der Waals surface area contributed by atoms with E-state index < -0.39 is 0 Å². The van der Waals surface area contributed by atoms with Crippen molar-refractivity contribution in [1.29, 1.82) is 0 Å². The maximum absolute atomic E-state index is 9.40. The van der Waals surface area contributed by atoms with Gasteiger partial charge in [0.25, 0.3) is 0 Å². The van der Waals surface area contributed by atoms with E-state index in [1.54, 1.807) is 13.0 Å². The first-order valence-corrected chi connectivity index (χ1v) is 7.24. The van der Waals surface area contributed by atoms with Gasteiger partial charge in [0, 0.05) is 17.9 Å². The van der Waals surface area contributed by atoms with Crippen molar-refractivity contribution in [2.24, 2.45) is 0 Å². The minimum Gasteiger partial charge on any atom is -0.265 e. The fourth-order valence-corrected chi connectivity index (χ4v) is 0.969. The zero-order chi connectivity index (χ0) is 16.9. The second-order valence-electron chi connectivity index (χ2n) is 3.55. The average Bonchev–Trinajstić information content (AvgIpc) is 2.49. The number of benzene rings is 1. The first-order valence-electron chi connectivity index (χ1n) is 7.24. The molecule has 1 aromatic rings. The molecule has 21 heavy (non-hydrogen) atoms. The third-order valence-electron chi connectivity index (χ3n) is 1.72. The van der Waals surface area contributed by atoms with Gasteiger partial charge in [-0.25, -0.2) is 0 Å². The van der Waals surface area contributed by atoms with Gasteiger partial charge >= 0.3 is 0 Å². The molecule has 1 rings (SSSR count). The van der Waals surface area contributed by atoms with E-state index in [0.29, 0.717) is 6.42 Å². The Labute approximate surface area is 129 Å². The van der Waals surface area contributed by atoms with Crippen molar-refractivity contribution in [1.82, 2.24) is 10.9 Å². The molecule has 0 spiro atoms. The molecule has 0 aliphatic carbocycles. The highest BCUT2D eigenvalue weighted by atomic mass is 16.6. The molecular weight excluding hydrogens is 266 g/mol. The number of nitro groups is 1. The van der Waals surface area contributed by atoms with Gasteiger partial charge in [0.2, 0.25) is 6.54 Å². The second-order valence-corrected chi connectivity index (χ2v) is 3.55. The summed E-state index contributed by atoms with van der Waals surface area (Å²) in [5, 5.41) is 9.40. The van der Waals surface area contributed by atoms with Gasteiger partial charge in [-0.3, -0.25) is 21.0 Å². The average molecular weight is 297 g/mol. The van der Waals surface area contributed by atoms with Gasteiger partial charge in [-0.05, 0) is 19.5 Å². The third-order valence-corrected chi connectivity index (χ3v) is 1.72. The number of nitrogens with zero attached hydrogens (tertiary/aromatic N) is 1. The summed E-state index contributed by atoms with van der Waals surface area (Å²) < 4.78 is 0. The molecule has 0 amide bonds. The quantitative estimate of drug-likeness (QED) is 0.493. The van der Waals surface area contributed by atoms with Crippen molar-refractivity contribution >= 4 is 0 Å². The van der Waals surface area contributed by atoms with Crippen LogP contribution in [0.25, 0.3) is 0 Å². The minimum absolute atomic E-state index is 0.0972. The van der Waals surface area contributed by atoms with Crippen molar-refractivity contribution in [2.75, 3.05) is 13.6 Å². The van der Waals surface area contributed by atoms with E-state index >= 15 is 0 Å². The summed E-state index contributed by atoms with van der Waals surface area (Å²) >= 11 is 0. The lowest BCUT2D eigenvalue weighted by Gasteiger charge is -2.00. The molecule has 0 bridgehead atoms.